The van der Waals surface area contributed by atoms with Gasteiger partial charge in [-0.05, 0) is 31.0 Å². The highest BCUT2D eigenvalue weighted by atomic mass is 16.2. The predicted octanol–water partition coefficient (Wildman–Crippen LogP) is 3.67. The zero-order chi connectivity index (χ0) is 17.3. The van der Waals surface area contributed by atoms with Gasteiger partial charge in [-0.2, -0.15) is 5.10 Å². The van der Waals surface area contributed by atoms with Crippen LogP contribution in [0.25, 0.3) is 22.4 Å². The summed E-state index contributed by atoms with van der Waals surface area (Å²) in [4.78, 5) is 0. The molecule has 0 aliphatic carbocycles. The van der Waals surface area contributed by atoms with E-state index in [-0.39, 0.29) is 6.61 Å². The van der Waals surface area contributed by atoms with E-state index in [2.05, 4.69) is 45.8 Å². The quantitative estimate of drug-likeness (QED) is 0.618. The third-order valence-electron chi connectivity index (χ3n) is 4.04. The Morgan fingerprint density at radius 2 is 1.48 bits per heavy atom. The number of aliphatic hydroxyl groups is 1. The summed E-state index contributed by atoms with van der Waals surface area (Å²) < 4.78 is 0. The number of nitrogens with zero attached hydrogens (tertiary/aromatic N) is 2. The molecule has 128 valence electrons. The fourth-order valence-corrected chi connectivity index (χ4v) is 2.74. The molecule has 3 aromatic rings. The number of hydrogen-bond acceptors (Lipinski definition) is 4. The molecule has 0 radical (unpaired) electrons. The lowest BCUT2D eigenvalue weighted by atomic mass is 9.99. The van der Waals surface area contributed by atoms with E-state index in [1.807, 2.05) is 36.4 Å². The monoisotopic (exact) mass is 333 g/mol. The average Bonchev–Trinajstić information content (AvgIpc) is 2.69. The number of unbranched alkanes of at least 4 members (excludes halogenated alkanes) is 1. The fourth-order valence-electron chi connectivity index (χ4n) is 2.74. The lowest BCUT2D eigenvalue weighted by molar-refractivity contribution is 0.283. The lowest BCUT2D eigenvalue weighted by Gasteiger charge is -2.11. The number of hydrogen-bond donors (Lipinski definition) is 2. The van der Waals surface area contributed by atoms with Crippen LogP contribution in [0.3, 0.4) is 0 Å². The van der Waals surface area contributed by atoms with E-state index < -0.39 is 0 Å². The van der Waals surface area contributed by atoms with Gasteiger partial charge in [0.15, 0.2) is 0 Å². The first-order chi connectivity index (χ1) is 12.4. The molecule has 4 heteroatoms. The second-order valence-corrected chi connectivity index (χ2v) is 5.94. The Morgan fingerprint density at radius 3 is 2.16 bits per heavy atom. The minimum Gasteiger partial charge on any atom is -0.396 e. The zero-order valence-corrected chi connectivity index (χ0v) is 14.2. The Balaban J connectivity index is 1.86. The smallest absolute Gasteiger partial charge is 0.101 e. The molecule has 0 amide bonds. The maximum atomic E-state index is 8.83. The van der Waals surface area contributed by atoms with Crippen LogP contribution in [0, 0.1) is 0 Å². The summed E-state index contributed by atoms with van der Waals surface area (Å²) in [6, 6.07) is 22.6. The molecular weight excluding hydrogens is 310 g/mol. The molecule has 25 heavy (non-hydrogen) atoms. The second kappa shape index (κ2) is 9.06. The minimum absolute atomic E-state index is 0.241. The molecule has 1 aromatic heterocycles. The number of rotatable bonds is 8. The van der Waals surface area contributed by atoms with Crippen LogP contribution in [-0.2, 0) is 6.54 Å². The summed E-state index contributed by atoms with van der Waals surface area (Å²) in [6.45, 7) is 1.78. The molecule has 2 N–H and O–H groups in total. The third kappa shape index (κ3) is 4.72. The highest BCUT2D eigenvalue weighted by Crippen LogP contribution is 2.30. The number of aliphatic hydroxyl groups excluding tert-OH is 1. The molecule has 4 nitrogen and oxygen atoms in total. The van der Waals surface area contributed by atoms with Crippen LogP contribution in [0.15, 0.2) is 66.7 Å². The highest BCUT2D eigenvalue weighted by molar-refractivity contribution is 5.80. The summed E-state index contributed by atoms with van der Waals surface area (Å²) in [5, 5.41) is 21.1. The summed E-state index contributed by atoms with van der Waals surface area (Å²) in [5.74, 6) is 0. The van der Waals surface area contributed by atoms with Crippen molar-refractivity contribution in [1.82, 2.24) is 15.5 Å². The first kappa shape index (κ1) is 17.3. The van der Waals surface area contributed by atoms with Gasteiger partial charge < -0.3 is 10.4 Å². The van der Waals surface area contributed by atoms with E-state index in [0.29, 0.717) is 6.54 Å². The molecule has 2 aromatic carbocycles. The van der Waals surface area contributed by atoms with Crippen LogP contribution in [0.1, 0.15) is 18.5 Å². The molecule has 0 saturated carbocycles. The van der Waals surface area contributed by atoms with Crippen LogP contribution < -0.4 is 5.32 Å². The molecule has 0 aliphatic heterocycles. The molecule has 0 spiro atoms. The van der Waals surface area contributed by atoms with Gasteiger partial charge in [0, 0.05) is 24.3 Å². The van der Waals surface area contributed by atoms with Crippen molar-refractivity contribution >= 4 is 0 Å². The van der Waals surface area contributed by atoms with Gasteiger partial charge >= 0.3 is 0 Å². The Bertz CT molecular complexity index is 776. The van der Waals surface area contributed by atoms with Crippen molar-refractivity contribution in [3.8, 4) is 22.4 Å². The van der Waals surface area contributed by atoms with Gasteiger partial charge in [0.2, 0.25) is 0 Å². The zero-order valence-electron chi connectivity index (χ0n) is 14.2. The normalized spacial score (nSPS) is 10.8. The van der Waals surface area contributed by atoms with Gasteiger partial charge in [-0.1, -0.05) is 60.7 Å². The van der Waals surface area contributed by atoms with Crippen molar-refractivity contribution in [3.05, 3.63) is 72.4 Å². The number of benzene rings is 2. The van der Waals surface area contributed by atoms with Crippen molar-refractivity contribution in [2.75, 3.05) is 13.2 Å². The SMILES string of the molecule is OCCCCNCc1cc(-c2ccccc2)c(-c2ccccc2)nn1. The maximum absolute atomic E-state index is 8.83. The Hall–Kier alpha value is -2.56. The predicted molar refractivity (Wildman–Crippen MR) is 101 cm³/mol. The largest absolute Gasteiger partial charge is 0.396 e. The highest BCUT2D eigenvalue weighted by Gasteiger charge is 2.11. The molecule has 0 aliphatic rings. The van der Waals surface area contributed by atoms with Gasteiger partial charge in [-0.15, -0.1) is 5.10 Å². The van der Waals surface area contributed by atoms with Crippen molar-refractivity contribution in [2.24, 2.45) is 0 Å². The summed E-state index contributed by atoms with van der Waals surface area (Å²) in [7, 11) is 0. The van der Waals surface area contributed by atoms with Crippen LogP contribution in [0.4, 0.5) is 0 Å². The van der Waals surface area contributed by atoms with Crippen LogP contribution in [-0.4, -0.2) is 28.5 Å². The van der Waals surface area contributed by atoms with Crippen LogP contribution >= 0.6 is 0 Å². The second-order valence-electron chi connectivity index (χ2n) is 5.94. The molecule has 0 fully saturated rings. The Labute approximate surface area is 148 Å². The summed E-state index contributed by atoms with van der Waals surface area (Å²) >= 11 is 0. The van der Waals surface area contributed by atoms with E-state index in [1.54, 1.807) is 0 Å². The topological polar surface area (TPSA) is 58.0 Å². The molecular formula is C21H23N3O. The van der Waals surface area contributed by atoms with Crippen molar-refractivity contribution < 1.29 is 5.11 Å². The van der Waals surface area contributed by atoms with Crippen molar-refractivity contribution in [3.63, 3.8) is 0 Å². The molecule has 0 bridgehead atoms. The van der Waals surface area contributed by atoms with Crippen molar-refractivity contribution in [1.29, 1.82) is 0 Å². The van der Waals surface area contributed by atoms with Crippen LogP contribution in [0.2, 0.25) is 0 Å². The first-order valence-electron chi connectivity index (χ1n) is 8.67. The van der Waals surface area contributed by atoms with Gasteiger partial charge in [0.25, 0.3) is 0 Å². The van der Waals surface area contributed by atoms with E-state index >= 15 is 0 Å². The number of nitrogens with one attached hydrogen (secondary N) is 1. The third-order valence-corrected chi connectivity index (χ3v) is 4.04. The van der Waals surface area contributed by atoms with Gasteiger partial charge in [-0.3, -0.25) is 0 Å². The average molecular weight is 333 g/mol. The molecule has 0 unspecified atom stereocenters. The van der Waals surface area contributed by atoms with E-state index in [4.69, 9.17) is 5.11 Å². The summed E-state index contributed by atoms with van der Waals surface area (Å²) in [5.41, 5.74) is 5.11. The van der Waals surface area contributed by atoms with Crippen molar-refractivity contribution in [2.45, 2.75) is 19.4 Å². The Morgan fingerprint density at radius 1 is 0.800 bits per heavy atom. The minimum atomic E-state index is 0.241. The fraction of sp³-hybridized carbons (Fsp3) is 0.238. The van der Waals surface area contributed by atoms with E-state index in [0.717, 1.165) is 47.5 Å². The summed E-state index contributed by atoms with van der Waals surface area (Å²) in [6.07, 6.45) is 1.78. The van der Waals surface area contributed by atoms with E-state index in [9.17, 15) is 0 Å². The molecule has 0 atom stereocenters. The van der Waals surface area contributed by atoms with Gasteiger partial charge in [0.05, 0.1) is 5.69 Å². The molecule has 0 saturated heterocycles. The van der Waals surface area contributed by atoms with Crippen LogP contribution in [0.5, 0.6) is 0 Å². The maximum Gasteiger partial charge on any atom is 0.101 e. The molecule has 1 heterocycles. The van der Waals surface area contributed by atoms with Gasteiger partial charge in [-0.25, -0.2) is 0 Å². The number of aromatic nitrogens is 2. The lowest BCUT2D eigenvalue weighted by Crippen LogP contribution is -2.16. The van der Waals surface area contributed by atoms with E-state index in [1.165, 1.54) is 0 Å². The standard InChI is InChI=1S/C21H23N3O/c25-14-8-7-13-22-16-19-15-20(17-9-3-1-4-10-17)21(24-23-19)18-11-5-2-6-12-18/h1-6,9-12,15,22,25H,7-8,13-14,16H2. The Kier molecular flexibility index (Phi) is 6.26. The van der Waals surface area contributed by atoms with Gasteiger partial charge in [0.1, 0.15) is 5.69 Å². The first-order valence-corrected chi connectivity index (χ1v) is 8.67. The molecule has 3 rings (SSSR count).